The number of carbonyl (C=O) groups excluding carboxylic acids is 4. The molecule has 0 radical (unpaired) electrons. The van der Waals surface area contributed by atoms with Gasteiger partial charge in [-0.2, -0.15) is 0 Å². The maximum Gasteiger partial charge on any atom is 0.339 e. The van der Waals surface area contributed by atoms with Gasteiger partial charge in [-0.25, -0.2) is 9.59 Å². The van der Waals surface area contributed by atoms with Crippen LogP contribution in [-0.2, 0) is 42.9 Å². The number of rotatable bonds is 3. The summed E-state index contributed by atoms with van der Waals surface area (Å²) in [5.74, 6) is -6.37. The van der Waals surface area contributed by atoms with Crippen LogP contribution in [0.1, 0.15) is 66.7 Å². The molecule has 0 aromatic carbocycles. The highest BCUT2D eigenvalue weighted by Crippen LogP contribution is 2.73. The SMILES string of the molecule is CC1=CC(=CC(C)C(=O)C2(C)CCC34OC(=O)C(O)(C2)C3C2CC3C(C)(C)OC5CC(=O)OC53C4(O)O2)OC1=O. The fourth-order valence-corrected chi connectivity index (χ4v) is 9.27. The van der Waals surface area contributed by atoms with Crippen LogP contribution in [0.3, 0.4) is 0 Å². The molecule has 0 aromatic heterocycles. The average molecular weight is 559 g/mol. The zero-order valence-corrected chi connectivity index (χ0v) is 23.1. The van der Waals surface area contributed by atoms with Gasteiger partial charge in [0.25, 0.3) is 5.79 Å². The average Bonchev–Trinajstić information content (AvgIpc) is 3.51. The number of carbonyl (C=O) groups is 4. The quantitative estimate of drug-likeness (QED) is 0.381. The highest BCUT2D eigenvalue weighted by molar-refractivity contribution is 5.93. The minimum Gasteiger partial charge on any atom is -0.450 e. The van der Waals surface area contributed by atoms with Crippen LogP contribution in [0.25, 0.3) is 0 Å². The van der Waals surface area contributed by atoms with Gasteiger partial charge in [0.15, 0.2) is 11.2 Å². The van der Waals surface area contributed by atoms with Crippen molar-refractivity contribution < 1.29 is 53.1 Å². The predicted octanol–water partition coefficient (Wildman–Crippen LogP) is 1.38. The molecule has 1 saturated carbocycles. The molecule has 6 aliphatic heterocycles. The van der Waals surface area contributed by atoms with E-state index in [-0.39, 0.29) is 43.6 Å². The molecule has 11 nitrogen and oxygen atoms in total. The lowest BCUT2D eigenvalue weighted by Crippen LogP contribution is -2.73. The molecule has 0 aromatic rings. The molecule has 5 saturated heterocycles. The molecular weight excluding hydrogens is 524 g/mol. The molecule has 1 aliphatic carbocycles. The predicted molar refractivity (Wildman–Crippen MR) is 132 cm³/mol. The van der Waals surface area contributed by atoms with Crippen molar-refractivity contribution in [2.45, 2.75) is 107 Å². The fraction of sp³-hybridized carbons (Fsp3) is 0.724. The number of Topliss-reactive ketones (excluding diaryl/α,β-unsaturated/α-hetero) is 1. The van der Waals surface area contributed by atoms with E-state index in [2.05, 4.69) is 0 Å². The number of cyclic esters (lactones) is 1. The minimum atomic E-state index is -2.29. The third-order valence-corrected chi connectivity index (χ3v) is 10.8. The highest BCUT2D eigenvalue weighted by Gasteiger charge is 2.92. The van der Waals surface area contributed by atoms with Crippen LogP contribution in [0, 0.1) is 23.2 Å². The summed E-state index contributed by atoms with van der Waals surface area (Å²) in [6.45, 7) is 8.74. The maximum atomic E-state index is 13.9. The first-order valence-corrected chi connectivity index (χ1v) is 14.0. The van der Waals surface area contributed by atoms with E-state index in [0.29, 0.717) is 5.57 Å². The van der Waals surface area contributed by atoms with Gasteiger partial charge in [0.1, 0.15) is 17.6 Å². The summed E-state index contributed by atoms with van der Waals surface area (Å²) >= 11 is 0. The lowest BCUT2D eigenvalue weighted by atomic mass is 9.65. The Balaban J connectivity index is 1.30. The van der Waals surface area contributed by atoms with Gasteiger partial charge in [-0.1, -0.05) is 13.8 Å². The highest BCUT2D eigenvalue weighted by atomic mass is 16.7. The van der Waals surface area contributed by atoms with Crippen LogP contribution in [0.5, 0.6) is 0 Å². The van der Waals surface area contributed by atoms with Crippen molar-refractivity contribution in [3.8, 4) is 0 Å². The molecule has 6 heterocycles. The van der Waals surface area contributed by atoms with Gasteiger partial charge in [0.2, 0.25) is 5.60 Å². The molecule has 11 heteroatoms. The Morgan fingerprint density at radius 3 is 2.50 bits per heavy atom. The van der Waals surface area contributed by atoms with Crippen molar-refractivity contribution in [1.82, 2.24) is 0 Å². The van der Waals surface area contributed by atoms with E-state index in [1.54, 1.807) is 32.9 Å². The first-order chi connectivity index (χ1) is 18.5. The number of ketones is 1. The van der Waals surface area contributed by atoms with Crippen molar-refractivity contribution in [1.29, 1.82) is 0 Å². The zero-order valence-electron chi connectivity index (χ0n) is 23.1. The van der Waals surface area contributed by atoms with Crippen molar-refractivity contribution in [3.05, 3.63) is 23.5 Å². The molecule has 2 N–H and O–H groups in total. The smallest absolute Gasteiger partial charge is 0.339 e. The second kappa shape index (κ2) is 7.42. The summed E-state index contributed by atoms with van der Waals surface area (Å²) in [4.78, 5) is 51.9. The summed E-state index contributed by atoms with van der Waals surface area (Å²) in [5, 5.41) is 24.7. The summed E-state index contributed by atoms with van der Waals surface area (Å²) in [7, 11) is 0. The van der Waals surface area contributed by atoms with E-state index in [1.165, 1.54) is 0 Å². The number of ether oxygens (including phenoxy) is 5. The lowest BCUT2D eigenvalue weighted by Gasteiger charge is -2.52. The van der Waals surface area contributed by atoms with Crippen molar-refractivity contribution in [3.63, 3.8) is 0 Å². The number of aliphatic hydroxyl groups is 2. The molecule has 7 rings (SSSR count). The van der Waals surface area contributed by atoms with Gasteiger partial charge in [-0.05, 0) is 58.6 Å². The van der Waals surface area contributed by atoms with E-state index < -0.39 is 81.5 Å². The van der Waals surface area contributed by atoms with Gasteiger partial charge in [0, 0.05) is 22.8 Å². The molecule has 1 spiro atoms. The normalized spacial score (nSPS) is 51.3. The summed E-state index contributed by atoms with van der Waals surface area (Å²) in [5.41, 5.74) is -7.07. The Morgan fingerprint density at radius 2 is 1.82 bits per heavy atom. The molecule has 216 valence electrons. The monoisotopic (exact) mass is 558 g/mol. The Bertz CT molecular complexity index is 1350. The van der Waals surface area contributed by atoms with E-state index in [0.717, 1.165) is 0 Å². The largest absolute Gasteiger partial charge is 0.450 e. The molecule has 10 unspecified atom stereocenters. The first-order valence-electron chi connectivity index (χ1n) is 14.0. The van der Waals surface area contributed by atoms with Crippen LogP contribution >= 0.6 is 0 Å². The zero-order chi connectivity index (χ0) is 28.8. The third kappa shape index (κ3) is 2.80. The van der Waals surface area contributed by atoms with E-state index >= 15 is 0 Å². The van der Waals surface area contributed by atoms with Crippen molar-refractivity contribution in [2.24, 2.45) is 23.2 Å². The van der Waals surface area contributed by atoms with Gasteiger partial charge in [-0.3, -0.25) is 9.59 Å². The van der Waals surface area contributed by atoms with Crippen LogP contribution < -0.4 is 0 Å². The first kappa shape index (κ1) is 26.3. The van der Waals surface area contributed by atoms with Crippen LogP contribution in [0.4, 0.5) is 0 Å². The summed E-state index contributed by atoms with van der Waals surface area (Å²) < 4.78 is 29.7. The topological polar surface area (TPSA) is 155 Å². The van der Waals surface area contributed by atoms with Gasteiger partial charge >= 0.3 is 17.9 Å². The standard InChI is InChI=1S/C29H34O11/c1-13(8-15-9-14(2)22(32)36-15)21(31)25(5)6-7-27-20(26(34,12-25)23(33)40-27)16-10-17-24(3,4)38-18-11-19(30)39-28(17,18)29(27,35)37-16/h8-9,13,16-18,20,34-35H,6-7,10-12H2,1-5H3. The number of esters is 3. The number of fused-ring (bicyclic) bond motifs is 2. The summed E-state index contributed by atoms with van der Waals surface area (Å²) in [6, 6.07) is 0. The van der Waals surface area contributed by atoms with Gasteiger partial charge in [-0.15, -0.1) is 0 Å². The van der Waals surface area contributed by atoms with Crippen molar-refractivity contribution >= 4 is 23.7 Å². The molecule has 40 heavy (non-hydrogen) atoms. The third-order valence-electron chi connectivity index (χ3n) is 10.8. The molecule has 6 fully saturated rings. The maximum absolute atomic E-state index is 13.9. The minimum absolute atomic E-state index is 0.00257. The second-order valence-corrected chi connectivity index (χ2v) is 13.6. The van der Waals surface area contributed by atoms with E-state index in [4.69, 9.17) is 23.7 Å². The lowest BCUT2D eigenvalue weighted by molar-refractivity contribution is -0.368. The Labute approximate surface area is 230 Å². The van der Waals surface area contributed by atoms with Crippen molar-refractivity contribution in [2.75, 3.05) is 0 Å². The molecule has 7 aliphatic rings. The number of hydrogen-bond donors (Lipinski definition) is 2. The van der Waals surface area contributed by atoms with E-state index in [9.17, 15) is 29.4 Å². The Hall–Kier alpha value is -2.60. The van der Waals surface area contributed by atoms with E-state index in [1.807, 2.05) is 13.8 Å². The van der Waals surface area contributed by atoms with Gasteiger partial charge in [0.05, 0.1) is 24.0 Å². The number of hydrogen-bond acceptors (Lipinski definition) is 11. The second-order valence-electron chi connectivity index (χ2n) is 13.6. The van der Waals surface area contributed by atoms with Crippen LogP contribution in [-0.4, -0.2) is 74.3 Å². The molecular formula is C29H34O11. The Morgan fingerprint density at radius 1 is 1.10 bits per heavy atom. The fourth-order valence-electron chi connectivity index (χ4n) is 9.27. The molecule has 0 amide bonds. The Kier molecular flexibility index (Phi) is 4.88. The van der Waals surface area contributed by atoms with Gasteiger partial charge < -0.3 is 33.9 Å². The van der Waals surface area contributed by atoms with Crippen LogP contribution in [0.15, 0.2) is 23.5 Å². The number of allylic oxidation sites excluding steroid dienone is 2. The summed E-state index contributed by atoms with van der Waals surface area (Å²) in [6.07, 6.45) is 1.57. The molecule has 10 atom stereocenters. The molecule has 4 bridgehead atoms. The van der Waals surface area contributed by atoms with Crippen LogP contribution in [0.2, 0.25) is 0 Å².